The summed E-state index contributed by atoms with van der Waals surface area (Å²) in [6.07, 6.45) is 0. The van der Waals surface area contributed by atoms with E-state index in [0.717, 1.165) is 17.8 Å². The van der Waals surface area contributed by atoms with Gasteiger partial charge in [-0.3, -0.25) is 0 Å². The summed E-state index contributed by atoms with van der Waals surface area (Å²) in [4.78, 5) is 0.452. The zero-order chi connectivity index (χ0) is 13.0. The Morgan fingerprint density at radius 2 is 2.00 bits per heavy atom. The minimum absolute atomic E-state index is 0.452. The van der Waals surface area contributed by atoms with E-state index in [1.54, 1.807) is 0 Å². The molecule has 0 fully saturated rings. The van der Waals surface area contributed by atoms with Crippen molar-refractivity contribution in [2.75, 3.05) is 11.9 Å². The third-order valence-electron chi connectivity index (χ3n) is 3.28. The Labute approximate surface area is 110 Å². The van der Waals surface area contributed by atoms with Gasteiger partial charge in [-0.2, -0.15) is 0 Å². The number of hydrogen-bond acceptors (Lipinski definition) is 2. The van der Waals surface area contributed by atoms with Crippen LogP contribution in [0.2, 0.25) is 0 Å². The van der Waals surface area contributed by atoms with E-state index in [4.69, 9.17) is 18.0 Å². The molecule has 1 unspecified atom stereocenters. The second-order valence-electron chi connectivity index (χ2n) is 4.96. The summed E-state index contributed by atoms with van der Waals surface area (Å²) >= 11 is 5.08. The number of benzene rings is 1. The minimum Gasteiger partial charge on any atom is -0.389 e. The van der Waals surface area contributed by atoms with Gasteiger partial charge >= 0.3 is 0 Å². The maximum atomic E-state index is 5.74. The van der Waals surface area contributed by atoms with Crippen molar-refractivity contribution < 1.29 is 0 Å². The van der Waals surface area contributed by atoms with Crippen LogP contribution in [0.5, 0.6) is 0 Å². The summed E-state index contributed by atoms with van der Waals surface area (Å²) in [6, 6.07) is 6.03. The topological polar surface area (TPSA) is 38.0 Å². The minimum atomic E-state index is 0.452. The number of hydrogen-bond donors (Lipinski definition) is 2. The van der Waals surface area contributed by atoms with Gasteiger partial charge in [-0.25, -0.2) is 0 Å². The predicted octanol–water partition coefficient (Wildman–Crippen LogP) is 3.33. The van der Waals surface area contributed by atoms with E-state index in [2.05, 4.69) is 39.1 Å². The summed E-state index contributed by atoms with van der Waals surface area (Å²) in [6.45, 7) is 9.73. The largest absolute Gasteiger partial charge is 0.389 e. The van der Waals surface area contributed by atoms with Gasteiger partial charge in [-0.05, 0) is 30.4 Å². The van der Waals surface area contributed by atoms with Crippen molar-refractivity contribution in [3.8, 4) is 0 Å². The monoisotopic (exact) mass is 250 g/mol. The van der Waals surface area contributed by atoms with Crippen molar-refractivity contribution >= 4 is 22.9 Å². The molecule has 0 aliphatic heterocycles. The summed E-state index contributed by atoms with van der Waals surface area (Å²) in [7, 11) is 0. The van der Waals surface area contributed by atoms with Crippen molar-refractivity contribution in [2.45, 2.75) is 27.7 Å². The van der Waals surface area contributed by atoms with Crippen LogP contribution in [0.25, 0.3) is 0 Å². The van der Waals surface area contributed by atoms with E-state index in [0.29, 0.717) is 16.8 Å². The zero-order valence-corrected chi connectivity index (χ0v) is 11.9. The lowest BCUT2D eigenvalue weighted by Gasteiger charge is -2.20. The fourth-order valence-electron chi connectivity index (χ4n) is 1.61. The highest BCUT2D eigenvalue weighted by Crippen LogP contribution is 2.21. The molecule has 94 valence electrons. The lowest BCUT2D eigenvalue weighted by atomic mass is 9.97. The number of rotatable bonds is 5. The van der Waals surface area contributed by atoms with Crippen LogP contribution in [0.15, 0.2) is 18.2 Å². The molecule has 3 heteroatoms. The molecule has 1 atom stereocenters. The van der Waals surface area contributed by atoms with E-state index < -0.39 is 0 Å². The first-order valence-electron chi connectivity index (χ1n) is 6.06. The molecule has 0 bridgehead atoms. The Bertz CT molecular complexity index is 399. The molecule has 1 aromatic carbocycles. The highest BCUT2D eigenvalue weighted by atomic mass is 32.1. The zero-order valence-electron chi connectivity index (χ0n) is 11.1. The van der Waals surface area contributed by atoms with Crippen LogP contribution < -0.4 is 11.1 Å². The van der Waals surface area contributed by atoms with Crippen LogP contribution in [-0.2, 0) is 0 Å². The molecule has 0 aliphatic carbocycles. The molecule has 2 nitrogen and oxygen atoms in total. The van der Waals surface area contributed by atoms with Gasteiger partial charge in [0, 0.05) is 17.8 Å². The van der Waals surface area contributed by atoms with Gasteiger partial charge in [0.05, 0.1) is 0 Å². The molecule has 0 aromatic heterocycles. The smallest absolute Gasteiger partial charge is 0.106 e. The quantitative estimate of drug-likeness (QED) is 0.787. The van der Waals surface area contributed by atoms with E-state index in [9.17, 15) is 0 Å². The first-order valence-corrected chi connectivity index (χ1v) is 6.47. The summed E-state index contributed by atoms with van der Waals surface area (Å²) in [5.41, 5.74) is 8.94. The molecule has 17 heavy (non-hydrogen) atoms. The van der Waals surface area contributed by atoms with Crippen LogP contribution >= 0.6 is 12.2 Å². The highest BCUT2D eigenvalue weighted by Gasteiger charge is 2.11. The number of nitrogens with two attached hydrogens (primary N) is 1. The molecule has 0 spiro atoms. The highest BCUT2D eigenvalue weighted by molar-refractivity contribution is 7.80. The van der Waals surface area contributed by atoms with Crippen molar-refractivity contribution in [1.29, 1.82) is 0 Å². The molecule has 0 heterocycles. The average Bonchev–Trinajstić information content (AvgIpc) is 2.26. The summed E-state index contributed by atoms with van der Waals surface area (Å²) in [5, 5.41) is 3.48. The maximum Gasteiger partial charge on any atom is 0.106 e. The summed E-state index contributed by atoms with van der Waals surface area (Å²) < 4.78 is 0. The van der Waals surface area contributed by atoms with E-state index in [-0.39, 0.29) is 0 Å². The van der Waals surface area contributed by atoms with Gasteiger partial charge in [-0.15, -0.1) is 0 Å². The fraction of sp³-hybridized carbons (Fsp3) is 0.500. The van der Waals surface area contributed by atoms with Gasteiger partial charge in [0.15, 0.2) is 0 Å². The molecule has 0 aliphatic rings. The lowest BCUT2D eigenvalue weighted by molar-refractivity contribution is 0.439. The van der Waals surface area contributed by atoms with Crippen LogP contribution in [0, 0.1) is 18.8 Å². The van der Waals surface area contributed by atoms with Gasteiger partial charge in [0.1, 0.15) is 4.99 Å². The predicted molar refractivity (Wildman–Crippen MR) is 79.6 cm³/mol. The third-order valence-corrected chi connectivity index (χ3v) is 3.50. The molecule has 1 aromatic rings. The van der Waals surface area contributed by atoms with E-state index in [1.807, 2.05) is 12.1 Å². The Morgan fingerprint density at radius 1 is 1.35 bits per heavy atom. The van der Waals surface area contributed by atoms with Gasteiger partial charge in [-0.1, -0.05) is 45.1 Å². The second-order valence-corrected chi connectivity index (χ2v) is 5.40. The summed E-state index contributed by atoms with van der Waals surface area (Å²) in [5.74, 6) is 1.29. The standard InChI is InChI=1S/C14H22N2S/c1-9(2)11(4)8-16-13-10(3)6-5-7-12(13)14(15)17/h5-7,9,11,16H,8H2,1-4H3,(H2,15,17). The number of nitrogens with one attached hydrogen (secondary N) is 1. The SMILES string of the molecule is Cc1cccc(C(N)=S)c1NCC(C)C(C)C. The Balaban J connectivity index is 2.86. The van der Waals surface area contributed by atoms with Gasteiger partial charge < -0.3 is 11.1 Å². The van der Waals surface area contributed by atoms with Crippen molar-refractivity contribution in [1.82, 2.24) is 0 Å². The lowest BCUT2D eigenvalue weighted by Crippen LogP contribution is -2.20. The Morgan fingerprint density at radius 3 is 2.53 bits per heavy atom. The first kappa shape index (κ1) is 14.0. The van der Waals surface area contributed by atoms with Crippen LogP contribution in [0.4, 0.5) is 5.69 Å². The number of aryl methyl sites for hydroxylation is 1. The van der Waals surface area contributed by atoms with Crippen LogP contribution in [-0.4, -0.2) is 11.5 Å². The normalized spacial score (nSPS) is 12.5. The van der Waals surface area contributed by atoms with Crippen molar-refractivity contribution in [3.63, 3.8) is 0 Å². The number of thiocarbonyl (C=S) groups is 1. The molecular weight excluding hydrogens is 228 g/mol. The van der Waals surface area contributed by atoms with Crippen molar-refractivity contribution in [3.05, 3.63) is 29.3 Å². The van der Waals surface area contributed by atoms with Gasteiger partial charge in [0.2, 0.25) is 0 Å². The molecule has 0 saturated carbocycles. The third kappa shape index (κ3) is 3.70. The molecule has 1 rings (SSSR count). The molecular formula is C14H22N2S. The second kappa shape index (κ2) is 6.01. The maximum absolute atomic E-state index is 5.74. The van der Waals surface area contributed by atoms with E-state index in [1.165, 1.54) is 5.56 Å². The Kier molecular flexibility index (Phi) is 4.94. The van der Waals surface area contributed by atoms with Crippen molar-refractivity contribution in [2.24, 2.45) is 17.6 Å². The molecule has 0 amide bonds. The molecule has 0 saturated heterocycles. The number of anilines is 1. The van der Waals surface area contributed by atoms with E-state index >= 15 is 0 Å². The molecule has 3 N–H and O–H groups in total. The van der Waals surface area contributed by atoms with Gasteiger partial charge in [0.25, 0.3) is 0 Å². The van der Waals surface area contributed by atoms with Crippen LogP contribution in [0.1, 0.15) is 31.9 Å². The fourth-order valence-corrected chi connectivity index (χ4v) is 1.78. The average molecular weight is 250 g/mol. The number of para-hydroxylation sites is 1. The molecule has 0 radical (unpaired) electrons. The first-order chi connectivity index (χ1) is 7.93. The Hall–Kier alpha value is -1.09. The van der Waals surface area contributed by atoms with Crippen LogP contribution in [0.3, 0.4) is 0 Å².